The van der Waals surface area contributed by atoms with Crippen LogP contribution in [0.15, 0.2) is 18.2 Å². The molecule has 1 aromatic rings. The summed E-state index contributed by atoms with van der Waals surface area (Å²) >= 11 is 12.3. The third kappa shape index (κ3) is 4.50. The molecular weight excluding hydrogens is 253 g/mol. The molecule has 1 unspecified atom stereocenters. The van der Waals surface area contributed by atoms with E-state index in [4.69, 9.17) is 23.2 Å². The average molecular weight is 274 g/mol. The number of benzene rings is 1. The molecule has 0 aromatic heterocycles. The Bertz CT molecular complexity index is 350. The summed E-state index contributed by atoms with van der Waals surface area (Å²) in [6, 6.07) is 6.15. The van der Waals surface area contributed by atoms with Gasteiger partial charge < -0.3 is 5.32 Å². The van der Waals surface area contributed by atoms with E-state index in [2.05, 4.69) is 32.2 Å². The van der Waals surface area contributed by atoms with Gasteiger partial charge in [0.15, 0.2) is 0 Å². The van der Waals surface area contributed by atoms with E-state index in [1.165, 1.54) is 0 Å². The first-order valence-corrected chi connectivity index (χ1v) is 6.99. The van der Waals surface area contributed by atoms with Gasteiger partial charge in [-0.05, 0) is 36.9 Å². The minimum absolute atomic E-state index is 0.293. The lowest BCUT2D eigenvalue weighted by molar-refractivity contribution is 0.430. The van der Waals surface area contributed by atoms with Gasteiger partial charge in [-0.3, -0.25) is 0 Å². The van der Waals surface area contributed by atoms with Crippen LogP contribution in [0.2, 0.25) is 10.0 Å². The molecule has 1 N–H and O–H groups in total. The van der Waals surface area contributed by atoms with Crippen molar-refractivity contribution in [2.24, 2.45) is 5.92 Å². The summed E-state index contributed by atoms with van der Waals surface area (Å²) in [6.07, 6.45) is 2.19. The summed E-state index contributed by atoms with van der Waals surface area (Å²) in [4.78, 5) is 0. The van der Waals surface area contributed by atoms with Crippen LogP contribution in [0.4, 0.5) is 0 Å². The fourth-order valence-electron chi connectivity index (χ4n) is 1.90. The second kappa shape index (κ2) is 7.25. The molecule has 0 bridgehead atoms. The molecule has 1 rings (SSSR count). The molecule has 96 valence electrons. The zero-order chi connectivity index (χ0) is 12.8. The summed E-state index contributed by atoms with van der Waals surface area (Å²) < 4.78 is 0. The van der Waals surface area contributed by atoms with E-state index in [1.54, 1.807) is 0 Å². The Morgan fingerprint density at radius 2 is 1.94 bits per heavy atom. The van der Waals surface area contributed by atoms with Gasteiger partial charge in [0.25, 0.3) is 0 Å². The molecule has 17 heavy (non-hydrogen) atoms. The smallest absolute Gasteiger partial charge is 0.0640 e. The van der Waals surface area contributed by atoms with Crippen LogP contribution in [0.1, 0.15) is 45.2 Å². The first-order chi connectivity index (χ1) is 8.06. The van der Waals surface area contributed by atoms with Gasteiger partial charge in [0.05, 0.1) is 10.0 Å². The molecule has 1 atom stereocenters. The highest BCUT2D eigenvalue weighted by molar-refractivity contribution is 6.42. The molecule has 1 aromatic carbocycles. The van der Waals surface area contributed by atoms with Crippen LogP contribution >= 0.6 is 23.2 Å². The third-order valence-electron chi connectivity index (χ3n) is 2.70. The number of nitrogens with one attached hydrogen (secondary N) is 1. The Balaban J connectivity index is 2.90. The maximum absolute atomic E-state index is 6.28. The fraction of sp³-hybridized carbons (Fsp3) is 0.571. The third-order valence-corrected chi connectivity index (χ3v) is 3.54. The van der Waals surface area contributed by atoms with Gasteiger partial charge in [0.1, 0.15) is 0 Å². The lowest BCUT2D eigenvalue weighted by atomic mass is 9.97. The van der Waals surface area contributed by atoms with Crippen molar-refractivity contribution >= 4 is 23.2 Å². The van der Waals surface area contributed by atoms with E-state index in [9.17, 15) is 0 Å². The molecule has 0 aliphatic rings. The molecule has 0 amide bonds. The maximum atomic E-state index is 6.28. The SMILES string of the molecule is CCCNC(CC(C)C)c1cccc(Cl)c1Cl. The predicted octanol–water partition coefficient (Wildman–Crippen LogP) is 5.08. The Morgan fingerprint density at radius 3 is 2.53 bits per heavy atom. The summed E-state index contributed by atoms with van der Waals surface area (Å²) in [7, 11) is 0. The summed E-state index contributed by atoms with van der Waals surface area (Å²) in [5.74, 6) is 0.624. The second-order valence-electron chi connectivity index (χ2n) is 4.78. The van der Waals surface area contributed by atoms with Crippen LogP contribution in [0, 0.1) is 5.92 Å². The summed E-state index contributed by atoms with van der Waals surface area (Å²) in [5, 5.41) is 4.86. The van der Waals surface area contributed by atoms with Crippen molar-refractivity contribution in [1.82, 2.24) is 5.32 Å². The molecule has 0 fully saturated rings. The molecule has 1 nitrogen and oxygen atoms in total. The summed E-state index contributed by atoms with van der Waals surface area (Å²) in [5.41, 5.74) is 1.11. The molecule has 0 aliphatic heterocycles. The first kappa shape index (κ1) is 14.8. The van der Waals surface area contributed by atoms with E-state index in [-0.39, 0.29) is 0 Å². The van der Waals surface area contributed by atoms with Crippen LogP contribution in [0.3, 0.4) is 0 Å². The van der Waals surface area contributed by atoms with E-state index in [0.717, 1.165) is 24.9 Å². The van der Waals surface area contributed by atoms with Crippen LogP contribution in [-0.2, 0) is 0 Å². The van der Waals surface area contributed by atoms with Crippen molar-refractivity contribution in [1.29, 1.82) is 0 Å². The standard InChI is InChI=1S/C14H21Cl2N/c1-4-8-17-13(9-10(2)3)11-6-5-7-12(15)14(11)16/h5-7,10,13,17H,4,8-9H2,1-3H3. The highest BCUT2D eigenvalue weighted by Crippen LogP contribution is 2.32. The van der Waals surface area contributed by atoms with Gasteiger partial charge in [-0.2, -0.15) is 0 Å². The van der Waals surface area contributed by atoms with E-state index in [1.807, 2.05) is 12.1 Å². The fourth-order valence-corrected chi connectivity index (χ4v) is 2.34. The molecule has 0 heterocycles. The topological polar surface area (TPSA) is 12.0 Å². The molecule has 3 heteroatoms. The first-order valence-electron chi connectivity index (χ1n) is 6.23. The quantitative estimate of drug-likeness (QED) is 0.762. The van der Waals surface area contributed by atoms with Crippen LogP contribution in [0.25, 0.3) is 0 Å². The predicted molar refractivity (Wildman–Crippen MR) is 77.0 cm³/mol. The second-order valence-corrected chi connectivity index (χ2v) is 5.56. The highest BCUT2D eigenvalue weighted by atomic mass is 35.5. The van der Waals surface area contributed by atoms with E-state index in [0.29, 0.717) is 22.0 Å². The van der Waals surface area contributed by atoms with Gasteiger partial charge in [0, 0.05) is 6.04 Å². The number of rotatable bonds is 6. The zero-order valence-corrected chi connectivity index (χ0v) is 12.3. The van der Waals surface area contributed by atoms with Crippen LogP contribution < -0.4 is 5.32 Å². The Hall–Kier alpha value is -0.240. The maximum Gasteiger partial charge on any atom is 0.0640 e. The minimum atomic E-state index is 0.293. The molecule has 0 spiro atoms. The Kier molecular flexibility index (Phi) is 6.32. The van der Waals surface area contributed by atoms with Crippen LogP contribution in [-0.4, -0.2) is 6.54 Å². The normalized spacial score (nSPS) is 13.1. The Morgan fingerprint density at radius 1 is 1.24 bits per heavy atom. The van der Waals surface area contributed by atoms with Crippen molar-refractivity contribution in [2.75, 3.05) is 6.54 Å². The van der Waals surface area contributed by atoms with Crippen LogP contribution in [0.5, 0.6) is 0 Å². The van der Waals surface area contributed by atoms with Gasteiger partial charge >= 0.3 is 0 Å². The summed E-state index contributed by atoms with van der Waals surface area (Å²) in [6.45, 7) is 7.61. The zero-order valence-electron chi connectivity index (χ0n) is 10.8. The van der Waals surface area contributed by atoms with Crippen molar-refractivity contribution in [3.8, 4) is 0 Å². The van der Waals surface area contributed by atoms with Crippen molar-refractivity contribution < 1.29 is 0 Å². The highest BCUT2D eigenvalue weighted by Gasteiger charge is 2.16. The van der Waals surface area contributed by atoms with Crippen molar-refractivity contribution in [2.45, 2.75) is 39.7 Å². The van der Waals surface area contributed by atoms with Crippen molar-refractivity contribution in [3.05, 3.63) is 33.8 Å². The number of hydrogen-bond donors (Lipinski definition) is 1. The van der Waals surface area contributed by atoms with E-state index < -0.39 is 0 Å². The van der Waals surface area contributed by atoms with Gasteiger partial charge in [-0.15, -0.1) is 0 Å². The van der Waals surface area contributed by atoms with E-state index >= 15 is 0 Å². The monoisotopic (exact) mass is 273 g/mol. The van der Waals surface area contributed by atoms with Gasteiger partial charge in [-0.1, -0.05) is 56.1 Å². The van der Waals surface area contributed by atoms with Crippen molar-refractivity contribution in [3.63, 3.8) is 0 Å². The van der Waals surface area contributed by atoms with Gasteiger partial charge in [-0.25, -0.2) is 0 Å². The van der Waals surface area contributed by atoms with Gasteiger partial charge in [0.2, 0.25) is 0 Å². The number of hydrogen-bond acceptors (Lipinski definition) is 1. The molecule has 0 aliphatic carbocycles. The molecule has 0 saturated carbocycles. The average Bonchev–Trinajstić information content (AvgIpc) is 2.28. The number of halogens is 2. The Labute approximate surface area is 115 Å². The minimum Gasteiger partial charge on any atom is -0.310 e. The molecule has 0 saturated heterocycles. The lowest BCUT2D eigenvalue weighted by Crippen LogP contribution is -2.23. The lowest BCUT2D eigenvalue weighted by Gasteiger charge is -2.22. The molecule has 0 radical (unpaired) electrons. The molecular formula is C14H21Cl2N. The largest absolute Gasteiger partial charge is 0.310 e.